The van der Waals surface area contributed by atoms with Gasteiger partial charge in [0.25, 0.3) is 0 Å². The molecular weight excluding hydrogens is 110 g/mol. The van der Waals surface area contributed by atoms with Gasteiger partial charge in [0.2, 0.25) is 0 Å². The zero-order valence-electron chi connectivity index (χ0n) is 6.89. The Balaban J connectivity index is 2.39. The molecule has 1 heterocycles. The van der Waals surface area contributed by atoms with E-state index in [9.17, 15) is 0 Å². The summed E-state index contributed by atoms with van der Waals surface area (Å²) in [5.74, 6) is 0. The van der Waals surface area contributed by atoms with Crippen molar-refractivity contribution in [2.24, 2.45) is 0 Å². The van der Waals surface area contributed by atoms with Crippen molar-refractivity contribution in [2.75, 3.05) is 0 Å². The first kappa shape index (κ1) is 7.07. The standard InChI is InChI=1S/C8H17N/c1-6(2)9-7(3)5-8(9)4/h6-8H,5H2,1-4H3/t7-,8-/m1/s1. The predicted octanol–water partition coefficient (Wildman–Crippen LogP) is 1.88. The van der Waals surface area contributed by atoms with Crippen LogP contribution in [0, 0.1) is 0 Å². The summed E-state index contributed by atoms with van der Waals surface area (Å²) in [5, 5.41) is 0. The topological polar surface area (TPSA) is 3.24 Å². The highest BCUT2D eigenvalue weighted by molar-refractivity contribution is 4.88. The average Bonchev–Trinajstić information content (AvgIpc) is 1.62. The van der Waals surface area contributed by atoms with Crippen molar-refractivity contribution < 1.29 is 0 Å². The van der Waals surface area contributed by atoms with Crippen LogP contribution in [0.4, 0.5) is 0 Å². The minimum Gasteiger partial charge on any atom is -0.295 e. The van der Waals surface area contributed by atoms with Crippen molar-refractivity contribution >= 4 is 0 Å². The third-order valence-corrected chi connectivity index (χ3v) is 2.30. The molecule has 0 N–H and O–H groups in total. The fraction of sp³-hybridized carbons (Fsp3) is 1.00. The maximum absolute atomic E-state index is 2.56. The smallest absolute Gasteiger partial charge is 0.00872 e. The second-order valence-corrected chi connectivity index (χ2v) is 3.47. The number of likely N-dealkylation sites (tertiary alicyclic amines) is 1. The van der Waals surface area contributed by atoms with Crippen LogP contribution in [0.25, 0.3) is 0 Å². The average molecular weight is 127 g/mol. The molecule has 1 heteroatoms. The van der Waals surface area contributed by atoms with Gasteiger partial charge < -0.3 is 0 Å². The summed E-state index contributed by atoms with van der Waals surface area (Å²) in [5.41, 5.74) is 0. The SMILES string of the molecule is CC(C)N1[C@H](C)C[C@H]1C. The Labute approximate surface area is 58.0 Å². The third kappa shape index (κ3) is 1.11. The fourth-order valence-corrected chi connectivity index (χ4v) is 2.05. The van der Waals surface area contributed by atoms with E-state index in [0.29, 0.717) is 0 Å². The van der Waals surface area contributed by atoms with E-state index in [2.05, 4.69) is 32.6 Å². The molecule has 2 atom stereocenters. The van der Waals surface area contributed by atoms with Crippen molar-refractivity contribution in [1.29, 1.82) is 0 Å². The molecule has 0 saturated carbocycles. The first-order valence-electron chi connectivity index (χ1n) is 3.90. The van der Waals surface area contributed by atoms with E-state index in [1.807, 2.05) is 0 Å². The summed E-state index contributed by atoms with van der Waals surface area (Å²) in [4.78, 5) is 2.56. The summed E-state index contributed by atoms with van der Waals surface area (Å²) in [7, 11) is 0. The molecule has 0 radical (unpaired) electrons. The van der Waals surface area contributed by atoms with Gasteiger partial charge in [0, 0.05) is 18.1 Å². The summed E-state index contributed by atoms with van der Waals surface area (Å²) < 4.78 is 0. The minimum absolute atomic E-state index is 0.740. The zero-order chi connectivity index (χ0) is 7.02. The van der Waals surface area contributed by atoms with Crippen LogP contribution in [-0.2, 0) is 0 Å². The second-order valence-electron chi connectivity index (χ2n) is 3.47. The molecule has 0 aromatic rings. The fourth-order valence-electron chi connectivity index (χ4n) is 2.05. The minimum atomic E-state index is 0.740. The number of hydrogen-bond donors (Lipinski definition) is 0. The van der Waals surface area contributed by atoms with Gasteiger partial charge in [-0.3, -0.25) is 4.90 Å². The molecule has 1 aliphatic heterocycles. The van der Waals surface area contributed by atoms with Crippen LogP contribution in [0.2, 0.25) is 0 Å². The highest BCUT2D eigenvalue weighted by Gasteiger charge is 2.32. The van der Waals surface area contributed by atoms with E-state index in [-0.39, 0.29) is 0 Å². The van der Waals surface area contributed by atoms with E-state index >= 15 is 0 Å². The molecule has 1 aliphatic rings. The van der Waals surface area contributed by atoms with Crippen molar-refractivity contribution in [3.8, 4) is 0 Å². The molecule has 1 nitrogen and oxygen atoms in total. The lowest BCUT2D eigenvalue weighted by Crippen LogP contribution is -2.55. The van der Waals surface area contributed by atoms with Crippen molar-refractivity contribution in [3.05, 3.63) is 0 Å². The Morgan fingerprint density at radius 3 is 1.78 bits per heavy atom. The van der Waals surface area contributed by atoms with Crippen LogP contribution in [0.5, 0.6) is 0 Å². The molecule has 0 aliphatic carbocycles. The zero-order valence-corrected chi connectivity index (χ0v) is 6.89. The summed E-state index contributed by atoms with van der Waals surface area (Å²) in [6.07, 6.45) is 1.39. The van der Waals surface area contributed by atoms with Crippen LogP contribution >= 0.6 is 0 Å². The van der Waals surface area contributed by atoms with Gasteiger partial charge in [-0.25, -0.2) is 0 Å². The predicted molar refractivity (Wildman–Crippen MR) is 40.5 cm³/mol. The summed E-state index contributed by atoms with van der Waals surface area (Å²) >= 11 is 0. The number of rotatable bonds is 1. The van der Waals surface area contributed by atoms with Gasteiger partial charge in [0.05, 0.1) is 0 Å². The van der Waals surface area contributed by atoms with Gasteiger partial charge in [-0.2, -0.15) is 0 Å². The van der Waals surface area contributed by atoms with Crippen LogP contribution in [0.3, 0.4) is 0 Å². The largest absolute Gasteiger partial charge is 0.295 e. The quantitative estimate of drug-likeness (QED) is 0.520. The Hall–Kier alpha value is -0.0400. The third-order valence-electron chi connectivity index (χ3n) is 2.30. The van der Waals surface area contributed by atoms with Crippen LogP contribution in [0.15, 0.2) is 0 Å². The van der Waals surface area contributed by atoms with Crippen LogP contribution in [-0.4, -0.2) is 23.0 Å². The van der Waals surface area contributed by atoms with E-state index in [4.69, 9.17) is 0 Å². The first-order valence-corrected chi connectivity index (χ1v) is 3.90. The van der Waals surface area contributed by atoms with E-state index < -0.39 is 0 Å². The Morgan fingerprint density at radius 2 is 1.67 bits per heavy atom. The Morgan fingerprint density at radius 1 is 1.22 bits per heavy atom. The molecule has 1 rings (SSSR count). The van der Waals surface area contributed by atoms with Gasteiger partial charge in [0.1, 0.15) is 0 Å². The van der Waals surface area contributed by atoms with E-state index in [1.165, 1.54) is 6.42 Å². The molecule has 54 valence electrons. The lowest BCUT2D eigenvalue weighted by molar-refractivity contribution is 0.00770. The Bertz CT molecular complexity index is 84.0. The van der Waals surface area contributed by atoms with Crippen molar-refractivity contribution in [3.63, 3.8) is 0 Å². The van der Waals surface area contributed by atoms with Crippen molar-refractivity contribution in [1.82, 2.24) is 4.90 Å². The molecule has 0 bridgehead atoms. The number of nitrogens with zero attached hydrogens (tertiary/aromatic N) is 1. The van der Waals surface area contributed by atoms with E-state index in [1.54, 1.807) is 0 Å². The molecule has 0 amide bonds. The van der Waals surface area contributed by atoms with Gasteiger partial charge in [0.15, 0.2) is 0 Å². The normalized spacial score (nSPS) is 37.0. The van der Waals surface area contributed by atoms with Gasteiger partial charge in [-0.15, -0.1) is 0 Å². The number of hydrogen-bond acceptors (Lipinski definition) is 1. The molecule has 0 aromatic heterocycles. The highest BCUT2D eigenvalue weighted by Crippen LogP contribution is 2.26. The highest BCUT2D eigenvalue weighted by atomic mass is 15.3. The molecule has 1 fully saturated rings. The second kappa shape index (κ2) is 2.30. The molecule has 0 unspecified atom stereocenters. The van der Waals surface area contributed by atoms with Crippen molar-refractivity contribution in [2.45, 2.75) is 52.2 Å². The molecule has 0 spiro atoms. The van der Waals surface area contributed by atoms with Gasteiger partial charge >= 0.3 is 0 Å². The molecule has 1 saturated heterocycles. The van der Waals surface area contributed by atoms with Crippen LogP contribution < -0.4 is 0 Å². The Kier molecular flexibility index (Phi) is 1.80. The molecule has 9 heavy (non-hydrogen) atoms. The first-order chi connectivity index (χ1) is 4.13. The summed E-state index contributed by atoms with van der Waals surface area (Å²) in [6, 6.07) is 2.41. The molecule has 0 aromatic carbocycles. The van der Waals surface area contributed by atoms with Gasteiger partial charge in [-0.05, 0) is 34.1 Å². The lowest BCUT2D eigenvalue weighted by atomic mass is 9.94. The maximum atomic E-state index is 2.56. The van der Waals surface area contributed by atoms with E-state index in [0.717, 1.165) is 18.1 Å². The maximum Gasteiger partial charge on any atom is 0.00872 e. The van der Waals surface area contributed by atoms with Crippen LogP contribution in [0.1, 0.15) is 34.1 Å². The lowest BCUT2D eigenvalue weighted by Gasteiger charge is -2.48. The molecular formula is C8H17N. The summed E-state index contributed by atoms with van der Waals surface area (Å²) in [6.45, 7) is 9.15. The monoisotopic (exact) mass is 127 g/mol. The van der Waals surface area contributed by atoms with Gasteiger partial charge in [-0.1, -0.05) is 0 Å².